The van der Waals surface area contributed by atoms with E-state index in [9.17, 15) is 0 Å². The molecule has 0 spiro atoms. The number of aromatic nitrogens is 3. The lowest BCUT2D eigenvalue weighted by Crippen LogP contribution is -2.03. The molecule has 0 aliphatic rings. The van der Waals surface area contributed by atoms with E-state index in [2.05, 4.69) is 10.1 Å². The number of rotatable bonds is 5. The van der Waals surface area contributed by atoms with Crippen molar-refractivity contribution in [1.29, 1.82) is 0 Å². The first kappa shape index (κ1) is 17.5. The third-order valence-electron chi connectivity index (χ3n) is 4.08. The van der Waals surface area contributed by atoms with Crippen LogP contribution in [0.4, 0.5) is 0 Å². The van der Waals surface area contributed by atoms with Crippen molar-refractivity contribution < 1.29 is 4.74 Å². The molecule has 4 nitrogen and oxygen atoms in total. The smallest absolute Gasteiger partial charge is 0.216 e. The van der Waals surface area contributed by atoms with Crippen molar-refractivity contribution in [2.45, 2.75) is 6.54 Å². The van der Waals surface area contributed by atoms with Gasteiger partial charge in [0, 0.05) is 11.1 Å². The van der Waals surface area contributed by atoms with E-state index in [1.807, 2.05) is 78.9 Å². The molecule has 0 radical (unpaired) electrons. The number of nitrogens with zero attached hydrogens (tertiary/aromatic N) is 2. The molecule has 0 bridgehead atoms. The first-order valence-corrected chi connectivity index (χ1v) is 9.22. The molecule has 134 valence electrons. The molecule has 0 aliphatic heterocycles. The van der Waals surface area contributed by atoms with E-state index < -0.39 is 0 Å². The summed E-state index contributed by atoms with van der Waals surface area (Å²) in [6.45, 7) is 0.513. The average molecular weight is 394 g/mol. The van der Waals surface area contributed by atoms with Gasteiger partial charge in [-0.1, -0.05) is 60.1 Å². The molecule has 3 aromatic carbocycles. The molecule has 4 aromatic rings. The van der Waals surface area contributed by atoms with Crippen molar-refractivity contribution in [3.63, 3.8) is 0 Å². The number of aromatic amines is 1. The Morgan fingerprint density at radius 3 is 2.44 bits per heavy atom. The predicted octanol–water partition coefficient (Wildman–Crippen LogP) is 6.10. The van der Waals surface area contributed by atoms with E-state index in [0.29, 0.717) is 22.2 Å². The molecule has 0 aliphatic carbocycles. The van der Waals surface area contributed by atoms with Crippen molar-refractivity contribution in [3.05, 3.63) is 94.2 Å². The average Bonchev–Trinajstić information content (AvgIpc) is 3.05. The number of ether oxygens (including phenoxy) is 1. The standard InChI is InChI=1S/C21H16ClN3OS/c22-18-12-6-5-11-17(18)20-23-21(27)25(24-20)14-15-8-4-7-13-19(15)26-16-9-2-1-3-10-16/h1-13H,14H2,(H,23,24,27). The van der Waals surface area contributed by atoms with Crippen molar-refractivity contribution in [3.8, 4) is 22.9 Å². The monoisotopic (exact) mass is 393 g/mol. The number of benzene rings is 3. The zero-order chi connectivity index (χ0) is 18.6. The van der Waals surface area contributed by atoms with E-state index >= 15 is 0 Å². The number of hydrogen-bond acceptors (Lipinski definition) is 3. The van der Waals surface area contributed by atoms with Crippen LogP contribution in [0.3, 0.4) is 0 Å². The summed E-state index contributed by atoms with van der Waals surface area (Å²) in [4.78, 5) is 4.45. The van der Waals surface area contributed by atoms with Gasteiger partial charge in [-0.25, -0.2) is 0 Å². The zero-order valence-electron chi connectivity index (χ0n) is 14.3. The van der Waals surface area contributed by atoms with E-state index in [1.165, 1.54) is 0 Å². The van der Waals surface area contributed by atoms with Gasteiger partial charge in [-0.15, -0.1) is 0 Å². The van der Waals surface area contributed by atoms with Gasteiger partial charge in [0.15, 0.2) is 5.82 Å². The summed E-state index contributed by atoms with van der Waals surface area (Å²) in [5.74, 6) is 2.21. The van der Waals surface area contributed by atoms with Crippen LogP contribution in [0, 0.1) is 4.77 Å². The molecule has 4 rings (SSSR count). The number of nitrogens with one attached hydrogen (secondary N) is 1. The third-order valence-corrected chi connectivity index (χ3v) is 4.72. The summed E-state index contributed by atoms with van der Waals surface area (Å²) in [5.41, 5.74) is 1.81. The van der Waals surface area contributed by atoms with Crippen LogP contribution in [0.1, 0.15) is 5.56 Å². The quantitative estimate of drug-likeness (QED) is 0.416. The van der Waals surface area contributed by atoms with Gasteiger partial charge in [-0.05, 0) is 42.5 Å². The molecule has 1 aromatic heterocycles. The second kappa shape index (κ2) is 7.78. The van der Waals surface area contributed by atoms with E-state index in [1.54, 1.807) is 4.68 Å². The number of halogens is 1. The highest BCUT2D eigenvalue weighted by atomic mass is 35.5. The van der Waals surface area contributed by atoms with Crippen molar-refractivity contribution in [2.24, 2.45) is 0 Å². The SMILES string of the molecule is S=c1nc(-c2ccccc2Cl)[nH]n1Cc1ccccc1Oc1ccccc1. The summed E-state index contributed by atoms with van der Waals surface area (Å²) >= 11 is 11.7. The maximum Gasteiger partial charge on any atom is 0.216 e. The van der Waals surface area contributed by atoms with Gasteiger partial charge >= 0.3 is 0 Å². The van der Waals surface area contributed by atoms with Gasteiger partial charge in [0.05, 0.1) is 11.6 Å². The van der Waals surface area contributed by atoms with E-state index in [4.69, 9.17) is 28.6 Å². The first-order chi connectivity index (χ1) is 13.2. The van der Waals surface area contributed by atoms with Gasteiger partial charge in [0.25, 0.3) is 0 Å². The van der Waals surface area contributed by atoms with Crippen molar-refractivity contribution >= 4 is 23.8 Å². The minimum atomic E-state index is 0.458. The maximum atomic E-state index is 6.27. The number of H-pyrrole nitrogens is 1. The Bertz CT molecular complexity index is 1120. The normalized spacial score (nSPS) is 10.7. The molecule has 1 heterocycles. The molecule has 6 heteroatoms. The number of para-hydroxylation sites is 2. The van der Waals surface area contributed by atoms with Gasteiger partial charge in [-0.3, -0.25) is 9.78 Å². The Labute approximate surface area is 167 Å². The van der Waals surface area contributed by atoms with Crippen LogP contribution in [0.2, 0.25) is 5.02 Å². The Balaban J connectivity index is 1.64. The van der Waals surface area contributed by atoms with Crippen LogP contribution in [0.5, 0.6) is 11.5 Å². The highest BCUT2D eigenvalue weighted by Gasteiger charge is 2.11. The second-order valence-electron chi connectivity index (χ2n) is 5.94. The van der Waals surface area contributed by atoms with Gasteiger partial charge in [0.1, 0.15) is 11.5 Å². The highest BCUT2D eigenvalue weighted by molar-refractivity contribution is 7.71. The Kier molecular flexibility index (Phi) is 5.05. The zero-order valence-corrected chi connectivity index (χ0v) is 15.9. The van der Waals surface area contributed by atoms with Crippen LogP contribution >= 0.6 is 23.8 Å². The number of hydrogen-bond donors (Lipinski definition) is 1. The molecule has 1 N–H and O–H groups in total. The molecule has 0 saturated carbocycles. The summed E-state index contributed by atoms with van der Waals surface area (Å²) in [7, 11) is 0. The Morgan fingerprint density at radius 1 is 0.926 bits per heavy atom. The van der Waals surface area contributed by atoms with Crippen molar-refractivity contribution in [1.82, 2.24) is 14.8 Å². The maximum absolute atomic E-state index is 6.27. The largest absolute Gasteiger partial charge is 0.457 e. The van der Waals surface area contributed by atoms with E-state index in [0.717, 1.165) is 22.6 Å². The lowest BCUT2D eigenvalue weighted by atomic mass is 10.2. The van der Waals surface area contributed by atoms with Gasteiger partial charge in [0.2, 0.25) is 4.77 Å². The minimum absolute atomic E-state index is 0.458. The summed E-state index contributed by atoms with van der Waals surface area (Å²) < 4.78 is 8.29. The summed E-state index contributed by atoms with van der Waals surface area (Å²) in [6, 6.07) is 25.1. The fourth-order valence-electron chi connectivity index (χ4n) is 2.76. The fourth-order valence-corrected chi connectivity index (χ4v) is 3.18. The van der Waals surface area contributed by atoms with Crippen LogP contribution in [-0.2, 0) is 6.54 Å². The van der Waals surface area contributed by atoms with Gasteiger partial charge in [-0.2, -0.15) is 4.98 Å². The molecule has 0 fully saturated rings. The minimum Gasteiger partial charge on any atom is -0.457 e. The summed E-state index contributed by atoms with van der Waals surface area (Å²) in [6.07, 6.45) is 0. The Hall–Kier alpha value is -2.89. The second-order valence-corrected chi connectivity index (χ2v) is 6.72. The van der Waals surface area contributed by atoms with Crippen LogP contribution in [0.25, 0.3) is 11.4 Å². The van der Waals surface area contributed by atoms with Gasteiger partial charge < -0.3 is 4.74 Å². The lowest BCUT2D eigenvalue weighted by Gasteiger charge is -2.11. The first-order valence-electron chi connectivity index (χ1n) is 8.43. The molecular weight excluding hydrogens is 378 g/mol. The molecule has 0 saturated heterocycles. The van der Waals surface area contributed by atoms with Crippen LogP contribution in [0.15, 0.2) is 78.9 Å². The molecule has 0 atom stereocenters. The third kappa shape index (κ3) is 3.94. The van der Waals surface area contributed by atoms with Crippen molar-refractivity contribution in [2.75, 3.05) is 0 Å². The molecular formula is C21H16ClN3OS. The molecule has 0 unspecified atom stereocenters. The van der Waals surface area contributed by atoms with Crippen LogP contribution < -0.4 is 4.74 Å². The van der Waals surface area contributed by atoms with E-state index in [-0.39, 0.29) is 0 Å². The lowest BCUT2D eigenvalue weighted by molar-refractivity contribution is 0.472. The highest BCUT2D eigenvalue weighted by Crippen LogP contribution is 2.27. The Morgan fingerprint density at radius 2 is 1.63 bits per heavy atom. The summed E-state index contributed by atoms with van der Waals surface area (Å²) in [5, 5.41) is 3.87. The van der Waals surface area contributed by atoms with Crippen LogP contribution in [-0.4, -0.2) is 14.8 Å². The molecule has 0 amide bonds. The fraction of sp³-hybridized carbons (Fsp3) is 0.0476. The predicted molar refractivity (Wildman–Crippen MR) is 110 cm³/mol. The topological polar surface area (TPSA) is 42.8 Å². The molecule has 27 heavy (non-hydrogen) atoms.